The fraction of sp³-hybridized carbons (Fsp3) is 0.267. The molecule has 0 unspecified atom stereocenters. The highest BCUT2D eigenvalue weighted by Gasteiger charge is 2.10. The molecule has 20 heavy (non-hydrogen) atoms. The average Bonchev–Trinajstić information content (AvgIpc) is 2.98. The van der Waals surface area contributed by atoms with Crippen LogP contribution in [0.25, 0.3) is 11.5 Å². The van der Waals surface area contributed by atoms with Gasteiger partial charge in [-0.2, -0.15) is 5.10 Å². The molecule has 3 rings (SSSR count). The highest BCUT2D eigenvalue weighted by molar-refractivity contribution is 5.52. The summed E-state index contributed by atoms with van der Waals surface area (Å²) in [6, 6.07) is 10.0. The van der Waals surface area contributed by atoms with Crippen molar-refractivity contribution >= 4 is 0 Å². The summed E-state index contributed by atoms with van der Waals surface area (Å²) < 4.78 is 7.56. The summed E-state index contributed by atoms with van der Waals surface area (Å²) in [5, 5.41) is 12.6. The molecule has 0 aliphatic rings. The van der Waals surface area contributed by atoms with Gasteiger partial charge in [-0.05, 0) is 39.0 Å². The van der Waals surface area contributed by atoms with Crippen LogP contribution >= 0.6 is 0 Å². The molecule has 2 heterocycles. The molecule has 1 aromatic carbocycles. The summed E-state index contributed by atoms with van der Waals surface area (Å²) in [6.45, 7) is 6.52. The zero-order valence-electron chi connectivity index (χ0n) is 11.8. The maximum absolute atomic E-state index is 5.69. The standard InChI is InChI=1S/C15H16N4O/c1-10-4-6-13(7-5-10)15-17-16-14(20-15)9-19-12(3)8-11(2)18-19/h4-8H,9H2,1-3H3. The normalized spacial score (nSPS) is 10.9. The van der Waals surface area contributed by atoms with Gasteiger partial charge in [0.15, 0.2) is 0 Å². The average molecular weight is 268 g/mol. The van der Waals surface area contributed by atoms with E-state index in [0.717, 1.165) is 17.0 Å². The van der Waals surface area contributed by atoms with Crippen LogP contribution in [-0.2, 0) is 6.54 Å². The fourth-order valence-electron chi connectivity index (χ4n) is 2.09. The fourth-order valence-corrected chi connectivity index (χ4v) is 2.09. The molecule has 102 valence electrons. The Kier molecular flexibility index (Phi) is 3.10. The van der Waals surface area contributed by atoms with Crippen molar-refractivity contribution in [3.63, 3.8) is 0 Å². The number of nitrogens with zero attached hydrogens (tertiary/aromatic N) is 4. The molecule has 3 aromatic rings. The zero-order valence-corrected chi connectivity index (χ0v) is 11.8. The summed E-state index contributed by atoms with van der Waals surface area (Å²) in [5.74, 6) is 1.10. The Morgan fingerprint density at radius 1 is 1.05 bits per heavy atom. The first-order valence-electron chi connectivity index (χ1n) is 6.52. The Hall–Kier alpha value is -2.43. The van der Waals surface area contributed by atoms with Crippen LogP contribution in [0.5, 0.6) is 0 Å². The lowest BCUT2D eigenvalue weighted by atomic mass is 10.1. The van der Waals surface area contributed by atoms with E-state index in [-0.39, 0.29) is 0 Å². The molecule has 5 heteroatoms. The topological polar surface area (TPSA) is 56.7 Å². The van der Waals surface area contributed by atoms with Gasteiger partial charge in [-0.25, -0.2) is 0 Å². The van der Waals surface area contributed by atoms with Gasteiger partial charge in [-0.15, -0.1) is 10.2 Å². The van der Waals surface area contributed by atoms with Crippen molar-refractivity contribution in [1.82, 2.24) is 20.0 Å². The van der Waals surface area contributed by atoms with Gasteiger partial charge in [0.25, 0.3) is 0 Å². The van der Waals surface area contributed by atoms with E-state index in [1.165, 1.54) is 5.56 Å². The van der Waals surface area contributed by atoms with Crippen LogP contribution in [0.1, 0.15) is 22.8 Å². The van der Waals surface area contributed by atoms with Crippen molar-refractivity contribution in [1.29, 1.82) is 0 Å². The van der Waals surface area contributed by atoms with Gasteiger partial charge in [0.1, 0.15) is 6.54 Å². The van der Waals surface area contributed by atoms with Gasteiger partial charge in [0, 0.05) is 11.3 Å². The predicted octanol–water partition coefficient (Wildman–Crippen LogP) is 2.91. The van der Waals surface area contributed by atoms with Crippen LogP contribution in [0.3, 0.4) is 0 Å². The molecule has 0 saturated carbocycles. The van der Waals surface area contributed by atoms with Crippen molar-refractivity contribution < 1.29 is 4.42 Å². The van der Waals surface area contributed by atoms with E-state index in [4.69, 9.17) is 4.42 Å². The van der Waals surface area contributed by atoms with Crippen LogP contribution in [0.4, 0.5) is 0 Å². The number of rotatable bonds is 3. The smallest absolute Gasteiger partial charge is 0.247 e. The van der Waals surface area contributed by atoms with Crippen molar-refractivity contribution in [3.05, 3.63) is 53.2 Å². The molecular formula is C15H16N4O. The van der Waals surface area contributed by atoms with E-state index in [9.17, 15) is 0 Å². The maximum atomic E-state index is 5.69. The van der Waals surface area contributed by atoms with E-state index in [2.05, 4.69) is 15.3 Å². The van der Waals surface area contributed by atoms with Crippen molar-refractivity contribution in [3.8, 4) is 11.5 Å². The van der Waals surface area contributed by atoms with Gasteiger partial charge in [0.2, 0.25) is 11.8 Å². The molecule has 0 aliphatic heterocycles. The predicted molar refractivity (Wildman–Crippen MR) is 75.3 cm³/mol. The Morgan fingerprint density at radius 3 is 2.45 bits per heavy atom. The summed E-state index contributed by atoms with van der Waals surface area (Å²) in [6.07, 6.45) is 0. The van der Waals surface area contributed by atoms with E-state index in [1.807, 2.05) is 55.8 Å². The number of hydrogen-bond acceptors (Lipinski definition) is 4. The lowest BCUT2D eigenvalue weighted by Crippen LogP contribution is -2.04. The molecule has 0 atom stereocenters. The minimum Gasteiger partial charge on any atom is -0.419 e. The number of benzene rings is 1. The maximum Gasteiger partial charge on any atom is 0.247 e. The molecule has 0 bridgehead atoms. The summed E-state index contributed by atoms with van der Waals surface area (Å²) in [5.41, 5.74) is 4.21. The van der Waals surface area contributed by atoms with Crippen LogP contribution < -0.4 is 0 Å². The summed E-state index contributed by atoms with van der Waals surface area (Å²) in [7, 11) is 0. The molecule has 0 fully saturated rings. The van der Waals surface area contributed by atoms with Gasteiger partial charge in [0.05, 0.1) is 5.69 Å². The Morgan fingerprint density at radius 2 is 1.80 bits per heavy atom. The van der Waals surface area contributed by atoms with Crippen molar-refractivity contribution in [2.24, 2.45) is 0 Å². The first-order valence-corrected chi connectivity index (χ1v) is 6.52. The van der Waals surface area contributed by atoms with Gasteiger partial charge in [-0.1, -0.05) is 17.7 Å². The highest BCUT2D eigenvalue weighted by Crippen LogP contribution is 2.18. The zero-order chi connectivity index (χ0) is 14.1. The van der Waals surface area contributed by atoms with Gasteiger partial charge >= 0.3 is 0 Å². The number of aromatic nitrogens is 4. The van der Waals surface area contributed by atoms with Crippen molar-refractivity contribution in [2.75, 3.05) is 0 Å². The third-order valence-electron chi connectivity index (χ3n) is 3.15. The second-order valence-electron chi connectivity index (χ2n) is 4.95. The van der Waals surface area contributed by atoms with Crippen LogP contribution in [0, 0.1) is 20.8 Å². The monoisotopic (exact) mass is 268 g/mol. The van der Waals surface area contributed by atoms with E-state index < -0.39 is 0 Å². The second-order valence-corrected chi connectivity index (χ2v) is 4.95. The lowest BCUT2D eigenvalue weighted by molar-refractivity contribution is 0.469. The van der Waals surface area contributed by atoms with Gasteiger partial charge < -0.3 is 4.42 Å². The number of aryl methyl sites for hydroxylation is 3. The molecule has 5 nitrogen and oxygen atoms in total. The quantitative estimate of drug-likeness (QED) is 0.733. The van der Waals surface area contributed by atoms with E-state index >= 15 is 0 Å². The first-order chi connectivity index (χ1) is 9.61. The molecular weight excluding hydrogens is 252 g/mol. The molecule has 0 radical (unpaired) electrons. The van der Waals surface area contributed by atoms with Gasteiger partial charge in [-0.3, -0.25) is 4.68 Å². The third kappa shape index (κ3) is 2.47. The van der Waals surface area contributed by atoms with Crippen LogP contribution in [-0.4, -0.2) is 20.0 Å². The van der Waals surface area contributed by atoms with E-state index in [1.54, 1.807) is 0 Å². The SMILES string of the molecule is Cc1ccc(-c2nnc(Cn3nc(C)cc3C)o2)cc1. The minimum absolute atomic E-state index is 0.499. The molecule has 0 N–H and O–H groups in total. The second kappa shape index (κ2) is 4.92. The third-order valence-corrected chi connectivity index (χ3v) is 3.15. The molecule has 0 spiro atoms. The van der Waals surface area contributed by atoms with Crippen LogP contribution in [0.15, 0.2) is 34.7 Å². The molecule has 0 saturated heterocycles. The Balaban J connectivity index is 1.83. The summed E-state index contributed by atoms with van der Waals surface area (Å²) >= 11 is 0. The molecule has 0 amide bonds. The summed E-state index contributed by atoms with van der Waals surface area (Å²) in [4.78, 5) is 0. The molecule has 0 aliphatic carbocycles. The minimum atomic E-state index is 0.499. The largest absolute Gasteiger partial charge is 0.419 e. The van der Waals surface area contributed by atoms with Crippen molar-refractivity contribution in [2.45, 2.75) is 27.3 Å². The number of hydrogen-bond donors (Lipinski definition) is 0. The Bertz CT molecular complexity index is 725. The van der Waals surface area contributed by atoms with E-state index in [0.29, 0.717) is 18.3 Å². The first kappa shape index (κ1) is 12.6. The lowest BCUT2D eigenvalue weighted by Gasteiger charge is -1.99. The van der Waals surface area contributed by atoms with Crippen LogP contribution in [0.2, 0.25) is 0 Å². The molecule has 2 aromatic heterocycles. The highest BCUT2D eigenvalue weighted by atomic mass is 16.4. The Labute approximate surface area is 117 Å².